The topological polar surface area (TPSA) is 98.6 Å². The lowest BCUT2D eigenvalue weighted by atomic mass is 9.99. The summed E-state index contributed by atoms with van der Waals surface area (Å²) in [5, 5.41) is 8.91. The Morgan fingerprint density at radius 3 is 2.55 bits per heavy atom. The number of anilines is 2. The van der Waals surface area contributed by atoms with E-state index in [1.807, 2.05) is 6.07 Å². The van der Waals surface area contributed by atoms with Gasteiger partial charge in [0.2, 0.25) is 10.0 Å². The van der Waals surface area contributed by atoms with Crippen molar-refractivity contribution in [3.8, 4) is 17.0 Å². The van der Waals surface area contributed by atoms with E-state index in [1.165, 1.54) is 7.05 Å². The molecule has 0 spiro atoms. The van der Waals surface area contributed by atoms with Gasteiger partial charge >= 0.3 is 6.18 Å². The molecule has 1 saturated heterocycles. The number of fused-ring (bicyclic) bond motifs is 1. The molecule has 270 valence electrons. The van der Waals surface area contributed by atoms with E-state index in [-0.39, 0.29) is 41.5 Å². The van der Waals surface area contributed by atoms with Crippen LogP contribution in [0.1, 0.15) is 42.2 Å². The molecule has 1 atom stereocenters. The summed E-state index contributed by atoms with van der Waals surface area (Å²) in [4.78, 5) is 4.76. The number of sulfonamides is 1. The Balaban J connectivity index is 1.48. The van der Waals surface area contributed by atoms with Crippen molar-refractivity contribution in [2.75, 3.05) is 29.5 Å². The lowest BCUT2D eigenvalue weighted by molar-refractivity contribution is -0.127. The number of hydrogen-bond acceptors (Lipinski definition) is 7. The lowest BCUT2D eigenvalue weighted by Gasteiger charge is -2.24. The number of nitrogens with one attached hydrogen (secondary N) is 1. The van der Waals surface area contributed by atoms with Gasteiger partial charge < -0.3 is 14.8 Å². The van der Waals surface area contributed by atoms with Crippen LogP contribution in [0.3, 0.4) is 0 Å². The largest absolute Gasteiger partial charge is 0.486 e. The molecule has 3 heterocycles. The van der Waals surface area contributed by atoms with E-state index in [0.717, 1.165) is 41.1 Å². The lowest BCUT2D eigenvalue weighted by Crippen LogP contribution is -2.26. The molecule has 5 aromatic rings. The Hall–Kier alpha value is -3.67. The van der Waals surface area contributed by atoms with Crippen molar-refractivity contribution in [3.63, 3.8) is 0 Å². The van der Waals surface area contributed by atoms with Crippen LogP contribution in [0.4, 0.5) is 29.1 Å². The molecule has 0 radical (unpaired) electrons. The van der Waals surface area contributed by atoms with E-state index in [9.17, 15) is 21.6 Å². The monoisotopic (exact) mass is 857 g/mol. The molecule has 51 heavy (non-hydrogen) atoms. The maximum atomic E-state index is 15.7. The molecular weight excluding hydrogens is 825 g/mol. The van der Waals surface area contributed by atoms with Crippen LogP contribution in [-0.4, -0.2) is 49.3 Å². The number of pyridine rings is 1. The van der Waals surface area contributed by atoms with Crippen LogP contribution in [-0.2, 0) is 34.3 Å². The zero-order valence-corrected chi connectivity index (χ0v) is 31.2. The second kappa shape index (κ2) is 15.1. The standard InChI is InChI=1S/C35H33ClF4IN5O4S/c1-45(51(2,47)48)28-12-11-24(36)14-23(28)19-42-34-32-29(46(44-33(32)41)31-10-6-7-13-49-31)17-27(43-34)25-16-26(37)30(15-22(25)18-35(38,39)40)50-20-21-8-4-3-5-9-21/h3-5,8-9,11-12,14-17,31H,6-7,10,13,18-20H2,1-2H3,(H,42,43). The number of nitrogens with zero attached hydrogens (tertiary/aromatic N) is 4. The van der Waals surface area contributed by atoms with Gasteiger partial charge in [-0.15, -0.1) is 0 Å². The summed E-state index contributed by atoms with van der Waals surface area (Å²) in [5.41, 5.74) is 1.87. The number of rotatable bonds is 11. The summed E-state index contributed by atoms with van der Waals surface area (Å²) < 4.78 is 97.7. The fourth-order valence-electron chi connectivity index (χ4n) is 5.92. The van der Waals surface area contributed by atoms with E-state index in [2.05, 4.69) is 27.9 Å². The highest BCUT2D eigenvalue weighted by atomic mass is 127. The Labute approximate surface area is 311 Å². The Kier molecular flexibility index (Phi) is 11.0. The van der Waals surface area contributed by atoms with Gasteiger partial charge in [-0.3, -0.25) is 4.31 Å². The maximum absolute atomic E-state index is 15.7. The Morgan fingerprint density at radius 1 is 1.10 bits per heavy atom. The molecule has 0 saturated carbocycles. The molecule has 1 fully saturated rings. The SMILES string of the molecule is CN(c1ccc(Cl)cc1CNc1nc(-c2cc(F)c(OCc3ccccc3)cc2CC(F)(F)F)cc2c1c(I)nn2C1CCCCO1)S(C)(=O)=O. The molecule has 0 bridgehead atoms. The van der Waals surface area contributed by atoms with Gasteiger partial charge in [0.05, 0.1) is 35.0 Å². The van der Waals surface area contributed by atoms with E-state index >= 15 is 4.39 Å². The average Bonchev–Trinajstić information content (AvgIpc) is 3.42. The van der Waals surface area contributed by atoms with Crippen LogP contribution < -0.4 is 14.4 Å². The molecule has 3 aromatic carbocycles. The number of alkyl halides is 3. The minimum Gasteiger partial charge on any atom is -0.486 e. The predicted molar refractivity (Wildman–Crippen MR) is 197 cm³/mol. The minimum absolute atomic E-state index is 0.0263. The van der Waals surface area contributed by atoms with Gasteiger partial charge in [-0.05, 0) is 94.9 Å². The van der Waals surface area contributed by atoms with Crippen molar-refractivity contribution in [1.29, 1.82) is 0 Å². The molecule has 1 aliphatic rings. The summed E-state index contributed by atoms with van der Waals surface area (Å²) in [6, 6.07) is 17.3. The van der Waals surface area contributed by atoms with Crippen LogP contribution in [0.5, 0.6) is 5.75 Å². The number of aromatic nitrogens is 3. The normalized spacial score (nSPS) is 15.3. The average molecular weight is 858 g/mol. The van der Waals surface area contributed by atoms with Crippen LogP contribution in [0, 0.1) is 9.52 Å². The molecule has 6 rings (SSSR count). The van der Waals surface area contributed by atoms with Crippen LogP contribution in [0.15, 0.2) is 66.7 Å². The number of ether oxygens (including phenoxy) is 2. The first-order valence-electron chi connectivity index (χ1n) is 15.9. The summed E-state index contributed by atoms with van der Waals surface area (Å²) in [6.07, 6.45) is -2.91. The minimum atomic E-state index is -4.63. The second-order valence-corrected chi connectivity index (χ2v) is 15.6. The molecule has 1 N–H and O–H groups in total. The Morgan fingerprint density at radius 2 is 1.86 bits per heavy atom. The predicted octanol–water partition coefficient (Wildman–Crippen LogP) is 8.89. The van der Waals surface area contributed by atoms with E-state index in [0.29, 0.717) is 43.9 Å². The van der Waals surface area contributed by atoms with Crippen molar-refractivity contribution >= 4 is 66.6 Å². The van der Waals surface area contributed by atoms with Crippen molar-refractivity contribution < 1.29 is 35.5 Å². The summed E-state index contributed by atoms with van der Waals surface area (Å²) in [6.45, 7) is 0.501. The van der Waals surface area contributed by atoms with Gasteiger partial charge in [0.15, 0.2) is 17.8 Å². The van der Waals surface area contributed by atoms with Crippen LogP contribution in [0.25, 0.3) is 22.2 Å². The fraction of sp³-hybridized carbons (Fsp3) is 0.314. The van der Waals surface area contributed by atoms with Crippen molar-refractivity contribution in [2.24, 2.45) is 0 Å². The first kappa shape index (κ1) is 37.1. The van der Waals surface area contributed by atoms with Gasteiger partial charge in [-0.2, -0.15) is 18.3 Å². The highest BCUT2D eigenvalue weighted by molar-refractivity contribution is 14.1. The number of benzene rings is 3. The smallest absolute Gasteiger partial charge is 0.393 e. The maximum Gasteiger partial charge on any atom is 0.393 e. The summed E-state index contributed by atoms with van der Waals surface area (Å²) in [5.74, 6) is -0.932. The zero-order chi connectivity index (χ0) is 36.5. The zero-order valence-electron chi connectivity index (χ0n) is 27.5. The molecule has 16 heteroatoms. The number of halogens is 6. The third kappa shape index (κ3) is 8.69. The molecule has 2 aromatic heterocycles. The van der Waals surface area contributed by atoms with Gasteiger partial charge in [0, 0.05) is 30.8 Å². The van der Waals surface area contributed by atoms with Crippen molar-refractivity contribution in [1.82, 2.24) is 14.8 Å². The number of hydrogen-bond donors (Lipinski definition) is 1. The highest BCUT2D eigenvalue weighted by Crippen LogP contribution is 2.39. The van der Waals surface area contributed by atoms with Gasteiger partial charge in [-0.25, -0.2) is 22.5 Å². The van der Waals surface area contributed by atoms with Crippen molar-refractivity contribution in [3.05, 3.63) is 98.0 Å². The molecule has 1 aliphatic heterocycles. The van der Waals surface area contributed by atoms with Crippen LogP contribution in [0.2, 0.25) is 5.02 Å². The molecule has 1 unspecified atom stereocenters. The third-order valence-corrected chi connectivity index (χ3v) is 10.6. The van der Waals surface area contributed by atoms with E-state index in [1.54, 1.807) is 53.2 Å². The summed E-state index contributed by atoms with van der Waals surface area (Å²) in [7, 11) is -2.22. The van der Waals surface area contributed by atoms with Crippen molar-refractivity contribution in [2.45, 2.75) is 51.2 Å². The third-order valence-electron chi connectivity index (χ3n) is 8.46. The second-order valence-electron chi connectivity index (χ2n) is 12.2. The molecular formula is C35H33ClF4IN5O4S. The fourth-order valence-corrected chi connectivity index (χ4v) is 7.41. The van der Waals surface area contributed by atoms with Gasteiger partial charge in [0.1, 0.15) is 16.1 Å². The van der Waals surface area contributed by atoms with Gasteiger partial charge in [-0.1, -0.05) is 41.9 Å². The quantitative estimate of drug-likeness (QED) is 0.105. The molecule has 9 nitrogen and oxygen atoms in total. The highest BCUT2D eigenvalue weighted by Gasteiger charge is 2.31. The van der Waals surface area contributed by atoms with Gasteiger partial charge in [0.25, 0.3) is 0 Å². The Bertz CT molecular complexity index is 2160. The first-order chi connectivity index (χ1) is 24.2. The first-order valence-corrected chi connectivity index (χ1v) is 19.2. The molecule has 0 amide bonds. The van der Waals surface area contributed by atoms with E-state index in [4.69, 9.17) is 31.2 Å². The van der Waals surface area contributed by atoms with Crippen LogP contribution >= 0.6 is 34.2 Å². The summed E-state index contributed by atoms with van der Waals surface area (Å²) >= 11 is 8.37. The molecule has 0 aliphatic carbocycles. The van der Waals surface area contributed by atoms with E-state index < -0.39 is 34.7 Å².